The van der Waals surface area contributed by atoms with Crippen LogP contribution >= 0.6 is 11.6 Å². The molecule has 25 heavy (non-hydrogen) atoms. The summed E-state index contributed by atoms with van der Waals surface area (Å²) in [6.07, 6.45) is 5.22. The van der Waals surface area contributed by atoms with Crippen LogP contribution < -0.4 is 9.62 Å². The fourth-order valence-corrected chi connectivity index (χ4v) is 4.01. The first-order valence-corrected chi connectivity index (χ1v) is 10.1. The van der Waals surface area contributed by atoms with Crippen molar-refractivity contribution in [3.05, 3.63) is 46.9 Å². The summed E-state index contributed by atoms with van der Waals surface area (Å²) in [5, 5.41) is 0.422. The second-order valence-corrected chi connectivity index (χ2v) is 8.29. The monoisotopic (exact) mass is 380 g/mol. The van der Waals surface area contributed by atoms with Gasteiger partial charge in [0.15, 0.2) is 0 Å². The number of rotatable bonds is 5. The summed E-state index contributed by atoms with van der Waals surface area (Å²) < 4.78 is 27.4. The Morgan fingerprint density at radius 1 is 1.20 bits per heavy atom. The highest BCUT2D eigenvalue weighted by atomic mass is 35.5. The Labute approximate surface area is 153 Å². The predicted octanol–water partition coefficient (Wildman–Crippen LogP) is 2.91. The topological polar surface area (TPSA) is 75.2 Å². The molecule has 1 aliphatic rings. The Bertz CT molecular complexity index is 851. The minimum Gasteiger partial charge on any atom is -0.357 e. The lowest BCUT2D eigenvalue weighted by Gasteiger charge is -2.27. The van der Waals surface area contributed by atoms with Gasteiger partial charge in [0.1, 0.15) is 11.6 Å². The van der Waals surface area contributed by atoms with E-state index >= 15 is 0 Å². The number of nitrogens with zero attached hydrogens (tertiary/aromatic N) is 3. The van der Waals surface area contributed by atoms with Crippen molar-refractivity contribution in [1.82, 2.24) is 14.7 Å². The molecule has 2 heterocycles. The zero-order chi connectivity index (χ0) is 17.9. The first-order chi connectivity index (χ1) is 12.0. The molecule has 8 heteroatoms. The van der Waals surface area contributed by atoms with Crippen molar-refractivity contribution < 1.29 is 8.42 Å². The molecule has 1 aromatic carbocycles. The molecule has 0 saturated carbocycles. The van der Waals surface area contributed by atoms with Crippen LogP contribution in [-0.2, 0) is 16.6 Å². The fourth-order valence-electron chi connectivity index (χ4n) is 2.76. The molecule has 2 aromatic rings. The van der Waals surface area contributed by atoms with Crippen molar-refractivity contribution in [1.29, 1.82) is 0 Å². The van der Waals surface area contributed by atoms with Crippen LogP contribution in [0.2, 0.25) is 5.02 Å². The van der Waals surface area contributed by atoms with Crippen molar-refractivity contribution >= 4 is 27.4 Å². The quantitative estimate of drug-likeness (QED) is 0.863. The number of hydrogen-bond donors (Lipinski definition) is 1. The van der Waals surface area contributed by atoms with Gasteiger partial charge in [0.2, 0.25) is 10.0 Å². The third kappa shape index (κ3) is 4.48. The second kappa shape index (κ2) is 7.68. The van der Waals surface area contributed by atoms with Gasteiger partial charge >= 0.3 is 0 Å². The molecule has 0 unspecified atom stereocenters. The summed E-state index contributed by atoms with van der Waals surface area (Å²) in [6, 6.07) is 6.53. The first-order valence-electron chi connectivity index (χ1n) is 8.28. The molecule has 1 fully saturated rings. The van der Waals surface area contributed by atoms with E-state index in [9.17, 15) is 8.42 Å². The van der Waals surface area contributed by atoms with Gasteiger partial charge < -0.3 is 4.90 Å². The van der Waals surface area contributed by atoms with E-state index in [2.05, 4.69) is 19.6 Å². The van der Waals surface area contributed by atoms with Crippen molar-refractivity contribution in [2.24, 2.45) is 0 Å². The minimum absolute atomic E-state index is 0.0372. The smallest absolute Gasteiger partial charge is 0.241 e. The van der Waals surface area contributed by atoms with Crippen LogP contribution in [0.1, 0.15) is 30.7 Å². The van der Waals surface area contributed by atoms with Crippen LogP contribution in [0, 0.1) is 6.92 Å². The van der Waals surface area contributed by atoms with E-state index in [1.165, 1.54) is 18.6 Å². The van der Waals surface area contributed by atoms with Crippen LogP contribution in [0.25, 0.3) is 0 Å². The highest BCUT2D eigenvalue weighted by Crippen LogP contribution is 2.20. The lowest BCUT2D eigenvalue weighted by Crippen LogP contribution is -2.31. The Kier molecular flexibility index (Phi) is 5.56. The summed E-state index contributed by atoms with van der Waals surface area (Å²) in [5.74, 6) is 1.30. The van der Waals surface area contributed by atoms with Gasteiger partial charge in [-0.1, -0.05) is 17.7 Å². The van der Waals surface area contributed by atoms with E-state index in [-0.39, 0.29) is 11.4 Å². The van der Waals surface area contributed by atoms with E-state index in [0.29, 0.717) is 10.8 Å². The summed E-state index contributed by atoms with van der Waals surface area (Å²) >= 11 is 6.02. The van der Waals surface area contributed by atoms with Crippen LogP contribution in [0.4, 0.5) is 5.82 Å². The zero-order valence-corrected chi connectivity index (χ0v) is 15.6. The summed E-state index contributed by atoms with van der Waals surface area (Å²) in [5.41, 5.74) is 0.832. The van der Waals surface area contributed by atoms with Gasteiger partial charge in [0.25, 0.3) is 0 Å². The third-order valence-corrected chi connectivity index (χ3v) is 6.05. The molecule has 0 atom stereocenters. The van der Waals surface area contributed by atoms with Crippen molar-refractivity contribution in [2.45, 2.75) is 37.6 Å². The molecular formula is C17H21ClN4O2S. The molecule has 1 saturated heterocycles. The van der Waals surface area contributed by atoms with Gasteiger partial charge in [-0.15, -0.1) is 0 Å². The molecule has 1 aliphatic heterocycles. The SMILES string of the molecule is Cc1ccc(S(=O)(=O)NCc2nccc(N3CCCCC3)n2)cc1Cl. The van der Waals surface area contributed by atoms with Crippen molar-refractivity contribution in [3.8, 4) is 0 Å². The number of hydrogen-bond acceptors (Lipinski definition) is 5. The maximum absolute atomic E-state index is 12.4. The lowest BCUT2D eigenvalue weighted by molar-refractivity contribution is 0.569. The van der Waals surface area contributed by atoms with Gasteiger partial charge in [0, 0.05) is 24.3 Å². The van der Waals surface area contributed by atoms with Gasteiger partial charge in [-0.05, 0) is 49.9 Å². The van der Waals surface area contributed by atoms with E-state index < -0.39 is 10.0 Å². The number of anilines is 1. The lowest BCUT2D eigenvalue weighted by atomic mass is 10.1. The maximum atomic E-state index is 12.4. The molecule has 0 bridgehead atoms. The molecule has 0 spiro atoms. The zero-order valence-electron chi connectivity index (χ0n) is 14.1. The van der Waals surface area contributed by atoms with Crippen LogP contribution in [-0.4, -0.2) is 31.5 Å². The molecule has 134 valence electrons. The van der Waals surface area contributed by atoms with Gasteiger partial charge in [-0.2, -0.15) is 0 Å². The van der Waals surface area contributed by atoms with Crippen LogP contribution in [0.5, 0.6) is 0 Å². The number of benzene rings is 1. The first kappa shape index (κ1) is 18.1. The normalized spacial score (nSPS) is 15.4. The number of aromatic nitrogens is 2. The Morgan fingerprint density at radius 2 is 1.96 bits per heavy atom. The van der Waals surface area contributed by atoms with Crippen LogP contribution in [0.15, 0.2) is 35.4 Å². The summed E-state index contributed by atoms with van der Waals surface area (Å²) in [4.78, 5) is 11.0. The van der Waals surface area contributed by atoms with E-state index in [4.69, 9.17) is 11.6 Å². The van der Waals surface area contributed by atoms with Gasteiger partial charge in [-0.25, -0.2) is 23.1 Å². The van der Waals surface area contributed by atoms with E-state index in [0.717, 1.165) is 37.3 Å². The number of aryl methyl sites for hydroxylation is 1. The molecular weight excluding hydrogens is 360 g/mol. The van der Waals surface area contributed by atoms with Crippen molar-refractivity contribution in [2.75, 3.05) is 18.0 Å². The molecule has 6 nitrogen and oxygen atoms in total. The third-order valence-electron chi connectivity index (χ3n) is 4.24. The molecule has 0 radical (unpaired) electrons. The molecule has 0 aliphatic carbocycles. The Hall–Kier alpha value is -1.70. The van der Waals surface area contributed by atoms with Gasteiger partial charge in [-0.3, -0.25) is 0 Å². The van der Waals surface area contributed by atoms with E-state index in [1.807, 2.05) is 13.0 Å². The number of piperidine rings is 1. The highest BCUT2D eigenvalue weighted by molar-refractivity contribution is 7.89. The summed E-state index contributed by atoms with van der Waals surface area (Å²) in [7, 11) is -3.66. The highest BCUT2D eigenvalue weighted by Gasteiger charge is 2.17. The molecule has 1 N–H and O–H groups in total. The van der Waals surface area contributed by atoms with E-state index in [1.54, 1.807) is 12.3 Å². The van der Waals surface area contributed by atoms with Crippen molar-refractivity contribution in [3.63, 3.8) is 0 Å². The Balaban J connectivity index is 1.71. The average molecular weight is 381 g/mol. The number of sulfonamides is 1. The standard InChI is InChI=1S/C17H21ClN4O2S/c1-13-5-6-14(11-15(13)18)25(23,24)20-12-16-19-8-7-17(21-16)22-9-3-2-4-10-22/h5-8,11,20H,2-4,9-10,12H2,1H3. The fraction of sp³-hybridized carbons (Fsp3) is 0.412. The van der Waals surface area contributed by atoms with Crippen LogP contribution in [0.3, 0.4) is 0 Å². The maximum Gasteiger partial charge on any atom is 0.241 e. The second-order valence-electron chi connectivity index (χ2n) is 6.11. The number of nitrogens with one attached hydrogen (secondary N) is 1. The Morgan fingerprint density at radius 3 is 2.68 bits per heavy atom. The molecule has 0 amide bonds. The predicted molar refractivity (Wildman–Crippen MR) is 98.3 cm³/mol. The number of halogens is 1. The summed E-state index contributed by atoms with van der Waals surface area (Å²) in [6.45, 7) is 3.82. The molecule has 1 aromatic heterocycles. The molecule has 3 rings (SSSR count). The minimum atomic E-state index is -3.66. The average Bonchev–Trinajstić information content (AvgIpc) is 2.63. The van der Waals surface area contributed by atoms with Gasteiger partial charge in [0.05, 0.1) is 11.4 Å². The largest absolute Gasteiger partial charge is 0.357 e.